The number of carbonyl (C=O) groups excluding carboxylic acids is 2. The molecule has 118 valence electrons. The first-order chi connectivity index (χ1) is 10.5. The van der Waals surface area contributed by atoms with Crippen molar-refractivity contribution in [2.24, 2.45) is 5.73 Å². The molecule has 0 aromatic heterocycles. The zero-order valence-electron chi connectivity index (χ0n) is 12.2. The molecule has 2 rings (SSSR count). The molecule has 0 aliphatic carbocycles. The van der Waals surface area contributed by atoms with Crippen LogP contribution in [0.15, 0.2) is 24.3 Å². The number of carbonyl (C=O) groups is 2. The van der Waals surface area contributed by atoms with Gasteiger partial charge in [0.15, 0.2) is 0 Å². The standard InChI is InChI=1S/C14H20BN3O4/c16-8-10-3-5-11(6-4-10)14(20)17-9-13(19)18-7-1-2-12(18)15(21)22/h3-6,12,21-22H,1-2,7-9,16H2,(H,17,20)/t12-/m0/s1. The van der Waals surface area contributed by atoms with E-state index < -0.39 is 13.1 Å². The molecule has 0 spiro atoms. The molecular weight excluding hydrogens is 285 g/mol. The number of amides is 2. The molecule has 22 heavy (non-hydrogen) atoms. The zero-order valence-corrected chi connectivity index (χ0v) is 12.2. The summed E-state index contributed by atoms with van der Waals surface area (Å²) in [7, 11) is -1.55. The van der Waals surface area contributed by atoms with E-state index in [-0.39, 0.29) is 18.4 Å². The molecular formula is C14H20BN3O4. The van der Waals surface area contributed by atoms with Gasteiger partial charge in [-0.1, -0.05) is 12.1 Å². The summed E-state index contributed by atoms with van der Waals surface area (Å²) in [6.45, 7) is 0.711. The van der Waals surface area contributed by atoms with Crippen LogP contribution in [-0.4, -0.2) is 52.9 Å². The van der Waals surface area contributed by atoms with E-state index in [1.54, 1.807) is 24.3 Å². The Morgan fingerprint density at radius 2 is 2.00 bits per heavy atom. The number of nitrogens with zero attached hydrogens (tertiary/aromatic N) is 1. The molecule has 2 amide bonds. The highest BCUT2D eigenvalue weighted by Gasteiger charge is 2.36. The first kappa shape index (κ1) is 16.5. The van der Waals surface area contributed by atoms with Crippen molar-refractivity contribution in [3.8, 4) is 0 Å². The van der Waals surface area contributed by atoms with E-state index in [4.69, 9.17) is 5.73 Å². The van der Waals surface area contributed by atoms with E-state index in [2.05, 4.69) is 5.32 Å². The molecule has 1 aromatic carbocycles. The minimum atomic E-state index is -1.55. The van der Waals surface area contributed by atoms with Gasteiger partial charge in [0, 0.05) is 18.7 Å². The van der Waals surface area contributed by atoms with Crippen molar-refractivity contribution in [3.05, 3.63) is 35.4 Å². The fraction of sp³-hybridized carbons (Fsp3) is 0.429. The van der Waals surface area contributed by atoms with E-state index in [0.717, 1.165) is 12.0 Å². The highest BCUT2D eigenvalue weighted by Crippen LogP contribution is 2.17. The van der Waals surface area contributed by atoms with E-state index in [1.807, 2.05) is 0 Å². The van der Waals surface area contributed by atoms with Crippen LogP contribution in [0.4, 0.5) is 0 Å². The Morgan fingerprint density at radius 3 is 2.59 bits per heavy atom. The molecule has 7 nitrogen and oxygen atoms in total. The lowest BCUT2D eigenvalue weighted by Crippen LogP contribution is -2.48. The SMILES string of the molecule is NCc1ccc(C(=O)NCC(=O)N2CCC[C@H]2B(O)O)cc1. The first-order valence-electron chi connectivity index (χ1n) is 7.25. The summed E-state index contributed by atoms with van der Waals surface area (Å²) >= 11 is 0. The fourth-order valence-electron chi connectivity index (χ4n) is 2.56. The fourth-order valence-corrected chi connectivity index (χ4v) is 2.56. The van der Waals surface area contributed by atoms with Crippen molar-refractivity contribution in [3.63, 3.8) is 0 Å². The molecule has 1 aliphatic rings. The van der Waals surface area contributed by atoms with Gasteiger partial charge in [-0.3, -0.25) is 9.59 Å². The van der Waals surface area contributed by atoms with Gasteiger partial charge in [0.1, 0.15) is 0 Å². The minimum absolute atomic E-state index is 0.166. The van der Waals surface area contributed by atoms with Gasteiger partial charge in [-0.15, -0.1) is 0 Å². The molecule has 1 aliphatic heterocycles. The second-order valence-corrected chi connectivity index (χ2v) is 5.29. The van der Waals surface area contributed by atoms with Crippen LogP contribution in [0.25, 0.3) is 0 Å². The van der Waals surface area contributed by atoms with Crippen molar-refractivity contribution in [2.75, 3.05) is 13.1 Å². The average molecular weight is 305 g/mol. The van der Waals surface area contributed by atoms with Gasteiger partial charge < -0.3 is 26.0 Å². The van der Waals surface area contributed by atoms with Gasteiger partial charge in [0.25, 0.3) is 5.91 Å². The number of benzene rings is 1. The number of rotatable bonds is 5. The van der Waals surface area contributed by atoms with Gasteiger partial charge in [-0.05, 0) is 30.5 Å². The molecule has 1 heterocycles. The summed E-state index contributed by atoms with van der Waals surface area (Å²) in [6.07, 6.45) is 1.28. The Kier molecular flexibility index (Phi) is 5.54. The van der Waals surface area contributed by atoms with Gasteiger partial charge in [-0.25, -0.2) is 0 Å². The molecule has 8 heteroatoms. The highest BCUT2D eigenvalue weighted by atomic mass is 16.4. The van der Waals surface area contributed by atoms with Crippen LogP contribution in [0, 0.1) is 0 Å². The summed E-state index contributed by atoms with van der Waals surface area (Å²) in [4.78, 5) is 25.4. The lowest BCUT2D eigenvalue weighted by atomic mass is 9.78. The van der Waals surface area contributed by atoms with Crippen LogP contribution in [0.1, 0.15) is 28.8 Å². The maximum atomic E-state index is 12.1. The molecule has 1 fully saturated rings. The van der Waals surface area contributed by atoms with Gasteiger partial charge >= 0.3 is 7.12 Å². The molecule has 0 unspecified atom stereocenters. The van der Waals surface area contributed by atoms with Gasteiger partial charge in [-0.2, -0.15) is 0 Å². The number of nitrogens with one attached hydrogen (secondary N) is 1. The predicted octanol–water partition coefficient (Wildman–Crippen LogP) is -1.12. The van der Waals surface area contributed by atoms with E-state index >= 15 is 0 Å². The van der Waals surface area contributed by atoms with Gasteiger partial charge in [0.2, 0.25) is 5.91 Å². The Balaban J connectivity index is 1.88. The third kappa shape index (κ3) is 3.85. The normalized spacial score (nSPS) is 17.4. The lowest BCUT2D eigenvalue weighted by molar-refractivity contribution is -0.130. The van der Waals surface area contributed by atoms with Crippen molar-refractivity contribution >= 4 is 18.9 Å². The molecule has 1 saturated heterocycles. The second kappa shape index (κ2) is 7.39. The number of likely N-dealkylation sites (tertiary alicyclic amines) is 1. The van der Waals surface area contributed by atoms with Crippen molar-refractivity contribution in [1.82, 2.24) is 10.2 Å². The van der Waals surface area contributed by atoms with Crippen LogP contribution < -0.4 is 11.1 Å². The monoisotopic (exact) mass is 305 g/mol. The Labute approximate surface area is 129 Å². The largest absolute Gasteiger partial charge is 0.475 e. The number of hydrogen-bond acceptors (Lipinski definition) is 5. The van der Waals surface area contributed by atoms with Crippen LogP contribution in [-0.2, 0) is 11.3 Å². The Bertz CT molecular complexity index is 535. The van der Waals surface area contributed by atoms with Crippen LogP contribution in [0.5, 0.6) is 0 Å². The Morgan fingerprint density at radius 1 is 1.32 bits per heavy atom. The summed E-state index contributed by atoms with van der Waals surface area (Å²) in [5.41, 5.74) is 6.86. The van der Waals surface area contributed by atoms with Gasteiger partial charge in [0.05, 0.1) is 12.5 Å². The minimum Gasteiger partial charge on any atom is -0.426 e. The zero-order chi connectivity index (χ0) is 16.1. The first-order valence-corrected chi connectivity index (χ1v) is 7.25. The van der Waals surface area contributed by atoms with Crippen molar-refractivity contribution in [2.45, 2.75) is 25.3 Å². The average Bonchev–Trinajstić information content (AvgIpc) is 3.02. The third-order valence-electron chi connectivity index (χ3n) is 3.82. The summed E-state index contributed by atoms with van der Waals surface area (Å²) < 4.78 is 0. The molecule has 1 aromatic rings. The maximum absolute atomic E-state index is 12.1. The van der Waals surface area contributed by atoms with Crippen molar-refractivity contribution in [1.29, 1.82) is 0 Å². The summed E-state index contributed by atoms with van der Waals surface area (Å²) in [5.74, 6) is -1.26. The van der Waals surface area contributed by atoms with E-state index in [0.29, 0.717) is 25.1 Å². The topological polar surface area (TPSA) is 116 Å². The third-order valence-corrected chi connectivity index (χ3v) is 3.82. The molecule has 1 atom stereocenters. The van der Waals surface area contributed by atoms with E-state index in [1.165, 1.54) is 4.90 Å². The smallest absolute Gasteiger partial charge is 0.426 e. The number of hydrogen-bond donors (Lipinski definition) is 4. The second-order valence-electron chi connectivity index (χ2n) is 5.29. The van der Waals surface area contributed by atoms with Crippen LogP contribution in [0.3, 0.4) is 0 Å². The van der Waals surface area contributed by atoms with Crippen LogP contribution >= 0.6 is 0 Å². The molecule has 0 saturated carbocycles. The summed E-state index contributed by atoms with van der Waals surface area (Å²) in [5, 5.41) is 21.0. The Hall–Kier alpha value is -1.90. The maximum Gasteiger partial charge on any atom is 0.475 e. The summed E-state index contributed by atoms with van der Waals surface area (Å²) in [6, 6.07) is 6.82. The molecule has 0 radical (unpaired) electrons. The quantitative estimate of drug-likeness (QED) is 0.514. The molecule has 5 N–H and O–H groups in total. The molecule has 0 bridgehead atoms. The number of nitrogens with two attached hydrogens (primary N) is 1. The lowest BCUT2D eigenvalue weighted by Gasteiger charge is -2.24. The van der Waals surface area contributed by atoms with E-state index in [9.17, 15) is 19.6 Å². The highest BCUT2D eigenvalue weighted by molar-refractivity contribution is 6.43. The van der Waals surface area contributed by atoms with Crippen molar-refractivity contribution < 1.29 is 19.6 Å². The van der Waals surface area contributed by atoms with Crippen LogP contribution in [0.2, 0.25) is 0 Å². The predicted molar refractivity (Wildman–Crippen MR) is 81.6 cm³/mol.